The Kier molecular flexibility index (Phi) is 1.59. The minimum Gasteiger partial charge on any atom is -0.303 e. The van der Waals surface area contributed by atoms with Gasteiger partial charge in [0.15, 0.2) is 0 Å². The summed E-state index contributed by atoms with van der Waals surface area (Å²) in [5.41, 5.74) is 0.656. The van der Waals surface area contributed by atoms with Gasteiger partial charge in [-0.05, 0) is 64.0 Å². The molecule has 3 aliphatic carbocycles. The summed E-state index contributed by atoms with van der Waals surface area (Å²) in [6, 6.07) is 0. The average molecular weight is 179 g/mol. The summed E-state index contributed by atoms with van der Waals surface area (Å²) in [5, 5.41) is 0. The molecule has 0 aromatic heterocycles. The van der Waals surface area contributed by atoms with E-state index in [2.05, 4.69) is 19.0 Å². The molecule has 0 saturated heterocycles. The largest absolute Gasteiger partial charge is 0.303 e. The molecule has 4 atom stereocenters. The summed E-state index contributed by atoms with van der Waals surface area (Å²) in [6.07, 6.45) is 9.15. The third-order valence-electron chi connectivity index (χ3n) is 5.32. The molecule has 1 heteroatoms. The molecule has 0 amide bonds. The van der Waals surface area contributed by atoms with E-state index >= 15 is 0 Å². The van der Waals surface area contributed by atoms with Crippen molar-refractivity contribution in [3.8, 4) is 0 Å². The monoisotopic (exact) mass is 179 g/mol. The molecule has 1 nitrogen and oxygen atoms in total. The molecule has 0 heterocycles. The number of nitrogens with zero attached hydrogens (tertiary/aromatic N) is 1. The zero-order valence-electron chi connectivity index (χ0n) is 8.92. The highest BCUT2D eigenvalue weighted by molar-refractivity contribution is 5.14. The van der Waals surface area contributed by atoms with Crippen molar-refractivity contribution in [2.24, 2.45) is 17.8 Å². The zero-order valence-corrected chi connectivity index (χ0v) is 8.92. The SMILES string of the molecule is CN(C)[C@]12CCC[C@H]1[C@@H]1CC[C@@H]2C1. The Morgan fingerprint density at radius 1 is 1.15 bits per heavy atom. The molecular weight excluding hydrogens is 158 g/mol. The summed E-state index contributed by atoms with van der Waals surface area (Å²) in [5.74, 6) is 3.23. The van der Waals surface area contributed by atoms with Gasteiger partial charge in [-0.1, -0.05) is 6.42 Å². The van der Waals surface area contributed by atoms with Gasteiger partial charge in [-0.25, -0.2) is 0 Å². The third kappa shape index (κ3) is 0.823. The molecule has 0 aliphatic heterocycles. The van der Waals surface area contributed by atoms with Crippen LogP contribution in [0.4, 0.5) is 0 Å². The Labute approximate surface area is 81.5 Å². The Morgan fingerprint density at radius 3 is 2.69 bits per heavy atom. The highest BCUT2D eigenvalue weighted by Crippen LogP contribution is 2.62. The van der Waals surface area contributed by atoms with Crippen molar-refractivity contribution in [1.29, 1.82) is 0 Å². The second-order valence-corrected chi connectivity index (χ2v) is 5.65. The molecular formula is C12H21N. The first-order chi connectivity index (χ1) is 6.25. The highest BCUT2D eigenvalue weighted by Gasteiger charge is 2.60. The van der Waals surface area contributed by atoms with Gasteiger partial charge in [0.1, 0.15) is 0 Å². The minimum atomic E-state index is 0.656. The third-order valence-corrected chi connectivity index (χ3v) is 5.32. The van der Waals surface area contributed by atoms with Crippen LogP contribution in [0.2, 0.25) is 0 Å². The molecule has 0 N–H and O–H groups in total. The lowest BCUT2D eigenvalue weighted by molar-refractivity contribution is 0.0487. The first kappa shape index (κ1) is 8.28. The van der Waals surface area contributed by atoms with E-state index in [9.17, 15) is 0 Å². The molecule has 0 unspecified atom stereocenters. The Morgan fingerprint density at radius 2 is 2.00 bits per heavy atom. The van der Waals surface area contributed by atoms with Crippen molar-refractivity contribution in [3.63, 3.8) is 0 Å². The fourth-order valence-corrected chi connectivity index (χ4v) is 4.95. The van der Waals surface area contributed by atoms with Crippen LogP contribution in [0, 0.1) is 17.8 Å². The molecule has 0 aromatic rings. The topological polar surface area (TPSA) is 3.24 Å². The molecule has 3 saturated carbocycles. The van der Waals surface area contributed by atoms with E-state index in [0.717, 1.165) is 17.8 Å². The quantitative estimate of drug-likeness (QED) is 0.598. The van der Waals surface area contributed by atoms with E-state index < -0.39 is 0 Å². The van der Waals surface area contributed by atoms with Gasteiger partial charge >= 0.3 is 0 Å². The molecule has 3 rings (SSSR count). The Hall–Kier alpha value is -0.0400. The smallest absolute Gasteiger partial charge is 0.0262 e. The number of fused-ring (bicyclic) bond motifs is 5. The maximum atomic E-state index is 2.58. The highest BCUT2D eigenvalue weighted by atomic mass is 15.2. The molecule has 0 aromatic carbocycles. The summed E-state index contributed by atoms with van der Waals surface area (Å²) >= 11 is 0. The predicted molar refractivity (Wildman–Crippen MR) is 54.6 cm³/mol. The summed E-state index contributed by atoms with van der Waals surface area (Å²) in [4.78, 5) is 2.58. The van der Waals surface area contributed by atoms with Crippen molar-refractivity contribution in [1.82, 2.24) is 4.90 Å². The van der Waals surface area contributed by atoms with Gasteiger partial charge in [0.25, 0.3) is 0 Å². The first-order valence-electron chi connectivity index (χ1n) is 5.92. The second-order valence-electron chi connectivity index (χ2n) is 5.65. The fourth-order valence-electron chi connectivity index (χ4n) is 4.95. The maximum absolute atomic E-state index is 2.58. The van der Waals surface area contributed by atoms with Crippen LogP contribution in [0.1, 0.15) is 38.5 Å². The molecule has 3 fully saturated rings. The number of hydrogen-bond donors (Lipinski definition) is 0. The number of rotatable bonds is 1. The van der Waals surface area contributed by atoms with Crippen molar-refractivity contribution in [3.05, 3.63) is 0 Å². The van der Waals surface area contributed by atoms with Crippen molar-refractivity contribution in [2.45, 2.75) is 44.1 Å². The first-order valence-corrected chi connectivity index (χ1v) is 5.92. The molecule has 0 radical (unpaired) electrons. The van der Waals surface area contributed by atoms with Crippen LogP contribution in [0.3, 0.4) is 0 Å². The Balaban J connectivity index is 1.99. The predicted octanol–water partition coefficient (Wildman–Crippen LogP) is 2.52. The van der Waals surface area contributed by atoms with Crippen molar-refractivity contribution in [2.75, 3.05) is 14.1 Å². The van der Waals surface area contributed by atoms with Crippen LogP contribution in [0.5, 0.6) is 0 Å². The van der Waals surface area contributed by atoms with Crippen LogP contribution in [0.15, 0.2) is 0 Å². The number of hydrogen-bond acceptors (Lipinski definition) is 1. The maximum Gasteiger partial charge on any atom is 0.0262 e. The fraction of sp³-hybridized carbons (Fsp3) is 1.00. The molecule has 0 spiro atoms. The van der Waals surface area contributed by atoms with E-state index in [4.69, 9.17) is 0 Å². The van der Waals surface area contributed by atoms with Crippen LogP contribution in [-0.2, 0) is 0 Å². The normalized spacial score (nSPS) is 53.3. The Bertz CT molecular complexity index is 223. The van der Waals surface area contributed by atoms with Crippen LogP contribution < -0.4 is 0 Å². The van der Waals surface area contributed by atoms with Crippen LogP contribution in [0.25, 0.3) is 0 Å². The molecule has 3 aliphatic rings. The molecule has 2 bridgehead atoms. The van der Waals surface area contributed by atoms with Gasteiger partial charge in [-0.2, -0.15) is 0 Å². The lowest BCUT2D eigenvalue weighted by Crippen LogP contribution is -2.51. The van der Waals surface area contributed by atoms with Gasteiger partial charge < -0.3 is 4.90 Å². The average Bonchev–Trinajstić information content (AvgIpc) is 2.76. The van der Waals surface area contributed by atoms with E-state index in [1.54, 1.807) is 12.8 Å². The minimum absolute atomic E-state index is 0.656. The molecule has 74 valence electrons. The van der Waals surface area contributed by atoms with Crippen LogP contribution in [-0.4, -0.2) is 24.5 Å². The van der Waals surface area contributed by atoms with Gasteiger partial charge in [0.2, 0.25) is 0 Å². The summed E-state index contributed by atoms with van der Waals surface area (Å²) in [6.45, 7) is 0. The van der Waals surface area contributed by atoms with Crippen LogP contribution >= 0.6 is 0 Å². The van der Waals surface area contributed by atoms with E-state index in [1.165, 1.54) is 25.7 Å². The standard InChI is InChI=1S/C12H21N/c1-13(2)12-7-3-4-11(12)9-5-6-10(12)8-9/h9-11H,3-8H2,1-2H3/t9-,10-,11+,12+/m1/s1. The second kappa shape index (κ2) is 2.50. The lowest BCUT2D eigenvalue weighted by Gasteiger charge is -2.45. The summed E-state index contributed by atoms with van der Waals surface area (Å²) < 4.78 is 0. The van der Waals surface area contributed by atoms with Crippen molar-refractivity contribution >= 4 is 0 Å². The molecule has 13 heavy (non-hydrogen) atoms. The zero-order chi connectivity index (χ0) is 9.05. The van der Waals surface area contributed by atoms with Gasteiger partial charge in [0, 0.05) is 5.54 Å². The lowest BCUT2D eigenvalue weighted by atomic mass is 9.74. The van der Waals surface area contributed by atoms with Gasteiger partial charge in [-0.3, -0.25) is 0 Å². The van der Waals surface area contributed by atoms with E-state index in [0.29, 0.717) is 5.54 Å². The van der Waals surface area contributed by atoms with E-state index in [-0.39, 0.29) is 0 Å². The van der Waals surface area contributed by atoms with E-state index in [1.807, 2.05) is 0 Å². The summed E-state index contributed by atoms with van der Waals surface area (Å²) in [7, 11) is 4.64. The van der Waals surface area contributed by atoms with Crippen molar-refractivity contribution < 1.29 is 0 Å². The van der Waals surface area contributed by atoms with Gasteiger partial charge in [0.05, 0.1) is 0 Å². The van der Waals surface area contributed by atoms with Gasteiger partial charge in [-0.15, -0.1) is 0 Å².